The van der Waals surface area contributed by atoms with Crippen LogP contribution < -0.4 is 0 Å². The van der Waals surface area contributed by atoms with E-state index in [1.54, 1.807) is 17.9 Å². The minimum Gasteiger partial charge on any atom is -0.479 e. The number of aryl methyl sites for hydroxylation is 1. The Morgan fingerprint density at radius 1 is 1.53 bits per heavy atom. The van der Waals surface area contributed by atoms with E-state index in [4.69, 9.17) is 0 Å². The van der Waals surface area contributed by atoms with E-state index in [2.05, 4.69) is 4.98 Å². The molecule has 0 radical (unpaired) electrons. The molecule has 1 atom stereocenters. The van der Waals surface area contributed by atoms with Crippen molar-refractivity contribution in [3.8, 4) is 0 Å². The van der Waals surface area contributed by atoms with Gasteiger partial charge in [-0.15, -0.1) is 0 Å². The lowest BCUT2D eigenvalue weighted by Crippen LogP contribution is -2.53. The summed E-state index contributed by atoms with van der Waals surface area (Å²) >= 11 is 0. The third-order valence-electron chi connectivity index (χ3n) is 3.83. The van der Waals surface area contributed by atoms with Gasteiger partial charge in [0.05, 0.1) is 12.5 Å². The number of aliphatic carboxylic acids is 1. The standard InChI is InChI=1S/C13H19N3O3/c1-3-5-13(12(18)19)6-4-7-16(13)11(17)10-8-14-9-15(10)2/h8-9H,3-7H2,1-2H3,(H,18,19). The average molecular weight is 265 g/mol. The van der Waals surface area contributed by atoms with Crippen molar-refractivity contribution in [1.29, 1.82) is 0 Å². The highest BCUT2D eigenvalue weighted by Crippen LogP contribution is 2.35. The minimum absolute atomic E-state index is 0.242. The quantitative estimate of drug-likeness (QED) is 0.889. The van der Waals surface area contributed by atoms with Crippen LogP contribution in [0.1, 0.15) is 43.1 Å². The second-order valence-electron chi connectivity index (χ2n) is 5.04. The number of aromatic nitrogens is 2. The molecule has 0 bridgehead atoms. The lowest BCUT2D eigenvalue weighted by atomic mass is 9.90. The first kappa shape index (κ1) is 13.6. The molecule has 2 heterocycles. The van der Waals surface area contributed by atoms with E-state index >= 15 is 0 Å². The number of carboxylic acids is 1. The molecule has 1 aliphatic rings. The number of carbonyl (C=O) groups excluding carboxylic acids is 1. The maximum absolute atomic E-state index is 12.5. The molecule has 0 aromatic carbocycles. The highest BCUT2D eigenvalue weighted by Gasteiger charge is 2.49. The summed E-state index contributed by atoms with van der Waals surface area (Å²) in [6.45, 7) is 2.44. The Balaban J connectivity index is 2.35. The fraction of sp³-hybridized carbons (Fsp3) is 0.615. The van der Waals surface area contributed by atoms with E-state index in [1.165, 1.54) is 11.1 Å². The van der Waals surface area contributed by atoms with Gasteiger partial charge in [-0.3, -0.25) is 4.79 Å². The van der Waals surface area contributed by atoms with Crippen molar-refractivity contribution in [3.05, 3.63) is 18.2 Å². The molecule has 1 unspecified atom stereocenters. The van der Waals surface area contributed by atoms with Crippen LogP contribution in [-0.4, -0.2) is 43.5 Å². The fourth-order valence-electron chi connectivity index (χ4n) is 2.88. The molecule has 1 amide bonds. The van der Waals surface area contributed by atoms with Gasteiger partial charge in [0.1, 0.15) is 11.2 Å². The molecule has 6 nitrogen and oxygen atoms in total. The lowest BCUT2D eigenvalue weighted by molar-refractivity contribution is -0.148. The summed E-state index contributed by atoms with van der Waals surface area (Å²) in [5.74, 6) is -1.14. The summed E-state index contributed by atoms with van der Waals surface area (Å²) in [4.78, 5) is 29.6. The summed E-state index contributed by atoms with van der Waals surface area (Å²) in [5, 5.41) is 9.56. The van der Waals surface area contributed by atoms with E-state index in [0.717, 1.165) is 12.8 Å². The van der Waals surface area contributed by atoms with Crippen LogP contribution in [0.15, 0.2) is 12.5 Å². The summed E-state index contributed by atoms with van der Waals surface area (Å²) in [7, 11) is 1.73. The van der Waals surface area contributed by atoms with Gasteiger partial charge in [0.15, 0.2) is 0 Å². The topological polar surface area (TPSA) is 75.4 Å². The van der Waals surface area contributed by atoms with Crippen LogP contribution in [0.5, 0.6) is 0 Å². The zero-order valence-electron chi connectivity index (χ0n) is 11.3. The fourth-order valence-corrected chi connectivity index (χ4v) is 2.88. The van der Waals surface area contributed by atoms with Crippen LogP contribution >= 0.6 is 0 Å². The molecular weight excluding hydrogens is 246 g/mol. The number of imidazole rings is 1. The molecule has 104 valence electrons. The molecule has 1 aliphatic heterocycles. The summed E-state index contributed by atoms with van der Waals surface area (Å²) in [5.41, 5.74) is -0.612. The van der Waals surface area contributed by atoms with Gasteiger partial charge >= 0.3 is 5.97 Å². The van der Waals surface area contributed by atoms with E-state index in [1.807, 2.05) is 6.92 Å². The van der Waals surface area contributed by atoms with Crippen LogP contribution in [0.4, 0.5) is 0 Å². The SMILES string of the molecule is CCCC1(C(=O)O)CCCN1C(=O)c1cncn1C. The molecule has 19 heavy (non-hydrogen) atoms. The first-order valence-corrected chi connectivity index (χ1v) is 6.54. The van der Waals surface area contributed by atoms with Gasteiger partial charge in [-0.05, 0) is 19.3 Å². The molecular formula is C13H19N3O3. The zero-order valence-corrected chi connectivity index (χ0v) is 11.3. The smallest absolute Gasteiger partial charge is 0.329 e. The summed E-state index contributed by atoms with van der Waals surface area (Å²) in [6, 6.07) is 0. The van der Waals surface area contributed by atoms with Crippen molar-refractivity contribution in [2.24, 2.45) is 7.05 Å². The van der Waals surface area contributed by atoms with Gasteiger partial charge in [-0.1, -0.05) is 13.3 Å². The maximum atomic E-state index is 12.5. The Labute approximate surface area is 112 Å². The first-order valence-electron chi connectivity index (χ1n) is 6.54. The van der Waals surface area contributed by atoms with Crippen molar-refractivity contribution in [2.45, 2.75) is 38.1 Å². The minimum atomic E-state index is -1.05. The number of nitrogens with zero attached hydrogens (tertiary/aromatic N) is 3. The number of hydrogen-bond donors (Lipinski definition) is 1. The van der Waals surface area contributed by atoms with Crippen molar-refractivity contribution >= 4 is 11.9 Å². The highest BCUT2D eigenvalue weighted by atomic mass is 16.4. The van der Waals surface area contributed by atoms with Gasteiger partial charge in [0, 0.05) is 13.6 Å². The van der Waals surface area contributed by atoms with Crippen molar-refractivity contribution < 1.29 is 14.7 Å². The van der Waals surface area contributed by atoms with Gasteiger partial charge in [0.25, 0.3) is 5.91 Å². The third-order valence-corrected chi connectivity index (χ3v) is 3.83. The molecule has 1 N–H and O–H groups in total. The van der Waals surface area contributed by atoms with E-state index < -0.39 is 11.5 Å². The number of carbonyl (C=O) groups is 2. The van der Waals surface area contributed by atoms with Crippen LogP contribution in [0.25, 0.3) is 0 Å². The molecule has 1 fully saturated rings. The molecule has 6 heteroatoms. The van der Waals surface area contributed by atoms with Gasteiger partial charge < -0.3 is 14.6 Å². The molecule has 1 aromatic rings. The Kier molecular flexibility index (Phi) is 3.59. The monoisotopic (exact) mass is 265 g/mol. The second-order valence-corrected chi connectivity index (χ2v) is 5.04. The molecule has 0 saturated carbocycles. The third kappa shape index (κ3) is 2.11. The maximum Gasteiger partial charge on any atom is 0.329 e. The zero-order chi connectivity index (χ0) is 14.0. The van der Waals surface area contributed by atoms with Crippen molar-refractivity contribution in [2.75, 3.05) is 6.54 Å². The summed E-state index contributed by atoms with van der Waals surface area (Å²) in [6.07, 6.45) is 5.52. The van der Waals surface area contributed by atoms with Crippen LogP contribution in [-0.2, 0) is 11.8 Å². The number of rotatable bonds is 4. The molecule has 1 aromatic heterocycles. The van der Waals surface area contributed by atoms with Crippen LogP contribution in [0.3, 0.4) is 0 Å². The highest BCUT2D eigenvalue weighted by molar-refractivity contribution is 5.97. The van der Waals surface area contributed by atoms with Gasteiger partial charge in [-0.25, -0.2) is 9.78 Å². The van der Waals surface area contributed by atoms with Gasteiger partial charge in [0.2, 0.25) is 0 Å². The van der Waals surface area contributed by atoms with Crippen molar-refractivity contribution in [1.82, 2.24) is 14.5 Å². The normalized spacial score (nSPS) is 22.7. The average Bonchev–Trinajstić information content (AvgIpc) is 2.96. The predicted molar refractivity (Wildman–Crippen MR) is 68.8 cm³/mol. The number of hydrogen-bond acceptors (Lipinski definition) is 3. The lowest BCUT2D eigenvalue weighted by Gasteiger charge is -2.34. The predicted octanol–water partition coefficient (Wildman–Crippen LogP) is 1.28. The Hall–Kier alpha value is -1.85. The number of carboxylic acid groups (broad SMARTS) is 1. The Morgan fingerprint density at radius 3 is 2.79 bits per heavy atom. The largest absolute Gasteiger partial charge is 0.479 e. The molecule has 0 spiro atoms. The van der Waals surface area contributed by atoms with Crippen molar-refractivity contribution in [3.63, 3.8) is 0 Å². The Morgan fingerprint density at radius 2 is 2.26 bits per heavy atom. The van der Waals surface area contributed by atoms with Crippen LogP contribution in [0, 0.1) is 0 Å². The van der Waals surface area contributed by atoms with Crippen LogP contribution in [0.2, 0.25) is 0 Å². The number of amides is 1. The van der Waals surface area contributed by atoms with Gasteiger partial charge in [-0.2, -0.15) is 0 Å². The van der Waals surface area contributed by atoms with E-state index in [-0.39, 0.29) is 5.91 Å². The first-order chi connectivity index (χ1) is 9.03. The summed E-state index contributed by atoms with van der Waals surface area (Å²) < 4.78 is 1.62. The van der Waals surface area contributed by atoms with E-state index in [9.17, 15) is 14.7 Å². The van der Waals surface area contributed by atoms with E-state index in [0.29, 0.717) is 25.1 Å². The molecule has 1 saturated heterocycles. The Bertz CT molecular complexity index is 497. The second kappa shape index (κ2) is 5.03. The molecule has 0 aliphatic carbocycles. The number of likely N-dealkylation sites (tertiary alicyclic amines) is 1. The molecule has 2 rings (SSSR count).